The maximum atomic E-state index is 11.8. The van der Waals surface area contributed by atoms with Crippen molar-refractivity contribution < 1.29 is 4.79 Å². The third-order valence-corrected chi connectivity index (χ3v) is 2.31. The summed E-state index contributed by atoms with van der Waals surface area (Å²) >= 11 is 0. The minimum atomic E-state index is -0.324. The Morgan fingerprint density at radius 2 is 2.22 bits per heavy atom. The summed E-state index contributed by atoms with van der Waals surface area (Å²) in [6.07, 6.45) is 6.05. The van der Waals surface area contributed by atoms with E-state index in [0.717, 1.165) is 0 Å². The maximum Gasteiger partial charge on any atom is 0.272 e. The van der Waals surface area contributed by atoms with Crippen LogP contribution in [0.1, 0.15) is 29.3 Å². The van der Waals surface area contributed by atoms with Crippen molar-refractivity contribution in [1.29, 1.82) is 0 Å². The van der Waals surface area contributed by atoms with Crippen molar-refractivity contribution in [2.45, 2.75) is 13.0 Å². The summed E-state index contributed by atoms with van der Waals surface area (Å²) in [6.45, 7) is 1.82. The van der Waals surface area contributed by atoms with Crippen LogP contribution in [-0.4, -0.2) is 25.8 Å². The van der Waals surface area contributed by atoms with Crippen molar-refractivity contribution in [2.24, 2.45) is 5.84 Å². The molecule has 8 nitrogen and oxygen atoms in total. The molecule has 0 fully saturated rings. The van der Waals surface area contributed by atoms with Crippen LogP contribution in [0.15, 0.2) is 24.8 Å². The Hall–Kier alpha value is -2.48. The van der Waals surface area contributed by atoms with E-state index < -0.39 is 0 Å². The van der Waals surface area contributed by atoms with E-state index in [0.29, 0.717) is 11.6 Å². The summed E-state index contributed by atoms with van der Waals surface area (Å²) in [4.78, 5) is 26.7. The highest BCUT2D eigenvalue weighted by molar-refractivity contribution is 5.92. The molecule has 2 aromatic heterocycles. The lowest BCUT2D eigenvalue weighted by Crippen LogP contribution is -2.28. The molecular formula is C10H13N7O. The number of hydrogen-bond donors (Lipinski definition) is 4. The molecule has 5 N–H and O–H groups in total. The van der Waals surface area contributed by atoms with E-state index in [-0.39, 0.29) is 17.6 Å². The monoisotopic (exact) mass is 247 g/mol. The van der Waals surface area contributed by atoms with Gasteiger partial charge in [-0.1, -0.05) is 0 Å². The zero-order valence-electron chi connectivity index (χ0n) is 9.71. The van der Waals surface area contributed by atoms with Crippen LogP contribution in [0.4, 0.5) is 5.82 Å². The summed E-state index contributed by atoms with van der Waals surface area (Å²) < 4.78 is 0. The SMILES string of the molecule is CC(NC(=O)c1cnc(NN)cn1)c1ncc[nH]1. The number of hydrazine groups is 1. The number of aromatic amines is 1. The fraction of sp³-hybridized carbons (Fsp3) is 0.200. The molecule has 0 aliphatic rings. The molecule has 2 aromatic rings. The van der Waals surface area contributed by atoms with Gasteiger partial charge in [0.05, 0.1) is 18.4 Å². The number of carbonyl (C=O) groups excluding carboxylic acids is 1. The number of hydrogen-bond acceptors (Lipinski definition) is 6. The second-order valence-electron chi connectivity index (χ2n) is 3.60. The first-order chi connectivity index (χ1) is 8.70. The van der Waals surface area contributed by atoms with Crippen molar-refractivity contribution in [3.8, 4) is 0 Å². The number of nitrogen functional groups attached to an aromatic ring is 1. The third-order valence-electron chi connectivity index (χ3n) is 2.31. The lowest BCUT2D eigenvalue weighted by molar-refractivity contribution is 0.0933. The molecule has 0 aliphatic heterocycles. The normalized spacial score (nSPS) is 11.9. The van der Waals surface area contributed by atoms with E-state index in [4.69, 9.17) is 5.84 Å². The molecule has 18 heavy (non-hydrogen) atoms. The molecule has 1 amide bonds. The number of nitrogens with zero attached hydrogens (tertiary/aromatic N) is 3. The highest BCUT2D eigenvalue weighted by Crippen LogP contribution is 2.07. The quantitative estimate of drug-likeness (QED) is 0.445. The zero-order valence-corrected chi connectivity index (χ0v) is 9.71. The van der Waals surface area contributed by atoms with E-state index >= 15 is 0 Å². The van der Waals surface area contributed by atoms with Crippen LogP contribution in [0.2, 0.25) is 0 Å². The van der Waals surface area contributed by atoms with E-state index in [2.05, 4.69) is 30.7 Å². The molecule has 1 unspecified atom stereocenters. The summed E-state index contributed by atoms with van der Waals surface area (Å²) in [5.74, 6) is 5.90. The molecule has 2 heterocycles. The molecule has 2 rings (SSSR count). The van der Waals surface area contributed by atoms with Gasteiger partial charge in [-0.2, -0.15) is 0 Å². The van der Waals surface area contributed by atoms with Gasteiger partial charge >= 0.3 is 0 Å². The number of nitrogens with one attached hydrogen (secondary N) is 3. The number of imidazole rings is 1. The molecule has 0 saturated carbocycles. The molecule has 0 aliphatic carbocycles. The Labute approximate surface area is 103 Å². The van der Waals surface area contributed by atoms with E-state index in [9.17, 15) is 4.79 Å². The molecule has 0 bridgehead atoms. The summed E-state index contributed by atoms with van der Waals surface area (Å²) in [6, 6.07) is -0.235. The second kappa shape index (κ2) is 5.23. The fourth-order valence-electron chi connectivity index (χ4n) is 1.37. The Morgan fingerprint density at radius 3 is 2.78 bits per heavy atom. The van der Waals surface area contributed by atoms with Crippen LogP contribution < -0.4 is 16.6 Å². The van der Waals surface area contributed by atoms with Gasteiger partial charge in [0.1, 0.15) is 11.5 Å². The number of anilines is 1. The second-order valence-corrected chi connectivity index (χ2v) is 3.60. The van der Waals surface area contributed by atoms with E-state index in [1.54, 1.807) is 12.4 Å². The number of amides is 1. The van der Waals surface area contributed by atoms with E-state index in [1.807, 2.05) is 6.92 Å². The first kappa shape index (κ1) is 12.0. The van der Waals surface area contributed by atoms with Crippen molar-refractivity contribution in [2.75, 3.05) is 5.43 Å². The van der Waals surface area contributed by atoms with Crippen LogP contribution in [-0.2, 0) is 0 Å². The number of carbonyl (C=O) groups is 1. The Balaban J connectivity index is 2.03. The van der Waals surface area contributed by atoms with Gasteiger partial charge in [0.25, 0.3) is 5.91 Å². The molecule has 0 radical (unpaired) electrons. The van der Waals surface area contributed by atoms with Crippen LogP contribution in [0.3, 0.4) is 0 Å². The fourth-order valence-corrected chi connectivity index (χ4v) is 1.37. The first-order valence-corrected chi connectivity index (χ1v) is 5.29. The van der Waals surface area contributed by atoms with Crippen molar-refractivity contribution in [3.05, 3.63) is 36.3 Å². The Kier molecular flexibility index (Phi) is 3.49. The number of aromatic nitrogens is 4. The van der Waals surface area contributed by atoms with Gasteiger partial charge in [0, 0.05) is 12.4 Å². The standard InChI is InChI=1S/C10H13N7O/c1-6(9-12-2-3-13-9)16-10(18)7-4-15-8(17-11)5-14-7/h2-6H,11H2,1H3,(H,12,13)(H,15,17)(H,16,18). The molecular weight excluding hydrogens is 234 g/mol. The number of H-pyrrole nitrogens is 1. The zero-order chi connectivity index (χ0) is 13.0. The summed E-state index contributed by atoms with van der Waals surface area (Å²) in [7, 11) is 0. The topological polar surface area (TPSA) is 122 Å². The average molecular weight is 247 g/mol. The third kappa shape index (κ3) is 2.61. The van der Waals surface area contributed by atoms with Crippen LogP contribution in [0.5, 0.6) is 0 Å². The Bertz CT molecular complexity index is 508. The average Bonchev–Trinajstić information content (AvgIpc) is 2.92. The largest absolute Gasteiger partial charge is 0.347 e. The predicted octanol–water partition coefficient (Wildman–Crippen LogP) is -0.0237. The van der Waals surface area contributed by atoms with Gasteiger partial charge in [-0.25, -0.2) is 20.8 Å². The molecule has 8 heteroatoms. The first-order valence-electron chi connectivity index (χ1n) is 5.29. The number of rotatable bonds is 4. The maximum absolute atomic E-state index is 11.8. The van der Waals surface area contributed by atoms with Gasteiger partial charge in [-0.15, -0.1) is 0 Å². The smallest absolute Gasteiger partial charge is 0.272 e. The van der Waals surface area contributed by atoms with E-state index in [1.165, 1.54) is 12.4 Å². The van der Waals surface area contributed by atoms with Gasteiger partial charge in [-0.3, -0.25) is 4.79 Å². The molecule has 1 atom stereocenters. The van der Waals surface area contributed by atoms with Gasteiger partial charge in [0.2, 0.25) is 0 Å². The van der Waals surface area contributed by atoms with Crippen molar-refractivity contribution >= 4 is 11.7 Å². The minimum absolute atomic E-state index is 0.215. The summed E-state index contributed by atoms with van der Waals surface area (Å²) in [5, 5.41) is 2.75. The molecule has 0 saturated heterocycles. The van der Waals surface area contributed by atoms with Crippen LogP contribution in [0, 0.1) is 0 Å². The summed E-state index contributed by atoms with van der Waals surface area (Å²) in [5.41, 5.74) is 2.55. The van der Waals surface area contributed by atoms with Crippen LogP contribution >= 0.6 is 0 Å². The molecule has 0 spiro atoms. The predicted molar refractivity (Wildman–Crippen MR) is 64.3 cm³/mol. The number of nitrogens with two attached hydrogens (primary N) is 1. The lowest BCUT2D eigenvalue weighted by Gasteiger charge is -2.10. The molecule has 0 aromatic carbocycles. The van der Waals surface area contributed by atoms with Gasteiger partial charge in [0.15, 0.2) is 5.82 Å². The van der Waals surface area contributed by atoms with Crippen LogP contribution in [0.25, 0.3) is 0 Å². The highest BCUT2D eigenvalue weighted by atomic mass is 16.1. The lowest BCUT2D eigenvalue weighted by atomic mass is 10.3. The molecule has 94 valence electrons. The van der Waals surface area contributed by atoms with Gasteiger partial charge < -0.3 is 15.7 Å². The van der Waals surface area contributed by atoms with Crippen molar-refractivity contribution in [1.82, 2.24) is 25.3 Å². The van der Waals surface area contributed by atoms with Gasteiger partial charge in [-0.05, 0) is 6.92 Å². The minimum Gasteiger partial charge on any atom is -0.347 e. The Morgan fingerprint density at radius 1 is 1.39 bits per heavy atom. The highest BCUT2D eigenvalue weighted by Gasteiger charge is 2.14. The van der Waals surface area contributed by atoms with Crippen molar-refractivity contribution in [3.63, 3.8) is 0 Å².